The number of nitrogen functional groups attached to an aromatic ring is 1. The van der Waals surface area contributed by atoms with Gasteiger partial charge in [0.05, 0.1) is 22.8 Å². The monoisotopic (exact) mass is 692 g/mol. The summed E-state index contributed by atoms with van der Waals surface area (Å²) in [6.45, 7) is 10.8. The Morgan fingerprint density at radius 2 is 1.25 bits per heavy atom. The van der Waals surface area contributed by atoms with Crippen molar-refractivity contribution in [3.05, 3.63) is 196 Å². The second kappa shape index (κ2) is 16.9. The van der Waals surface area contributed by atoms with Crippen LogP contribution < -0.4 is 27.0 Å². The van der Waals surface area contributed by atoms with Crippen molar-refractivity contribution < 1.29 is 0 Å². The van der Waals surface area contributed by atoms with E-state index in [1.807, 2.05) is 48.5 Å². The Kier molecular flexibility index (Phi) is 11.6. The van der Waals surface area contributed by atoms with Crippen molar-refractivity contribution in [1.29, 1.82) is 0 Å². The second-order valence-electron chi connectivity index (χ2n) is 13.2. The van der Waals surface area contributed by atoms with Gasteiger partial charge in [-0.05, 0) is 114 Å². The Morgan fingerprint density at radius 1 is 0.642 bits per heavy atom. The fraction of sp³-hybridized carbons (Fsp3) is 0.122. The van der Waals surface area contributed by atoms with Crippen molar-refractivity contribution in [1.82, 2.24) is 0 Å². The number of aliphatic imine (C=N–C) groups is 1. The van der Waals surface area contributed by atoms with E-state index in [-0.39, 0.29) is 0 Å². The standard InChI is InChI=1S/C49H48N4/c1-6-34(3)45(33-47(42-19-12-9-13-20-42)52-36(5)39-17-10-8-11-18-39)41-27-25-40(26-28-41)44-22-16-21-37(7-2)49(44)35(4)38-29-31-43(32-30-38)53(51)48-24-15-14-23-46(48)50/h7-33H,6,50-51H2,1-5H3/b37-7-,45-34+,47-33-,49-35-,52-36+. The third-order valence-corrected chi connectivity index (χ3v) is 9.88. The van der Waals surface area contributed by atoms with E-state index in [1.165, 1.54) is 32.7 Å². The summed E-state index contributed by atoms with van der Waals surface area (Å²) in [7, 11) is 0. The average Bonchev–Trinajstić information content (AvgIpc) is 3.22. The SMILES string of the molecule is C/C=c1/cccc(-c2ccc(C(/C=C(\N=C(/C)c3ccccc3)c3ccccc3)=C(\C)CC)cc2)/c1=C(/C)c1ccc(N(N)c2ccccc2N)cc1. The third-order valence-electron chi connectivity index (χ3n) is 9.88. The first kappa shape index (κ1) is 36.6. The molecule has 0 heterocycles. The van der Waals surface area contributed by atoms with E-state index in [9.17, 15) is 0 Å². The van der Waals surface area contributed by atoms with Crippen molar-refractivity contribution in [2.45, 2.75) is 41.0 Å². The molecule has 4 heteroatoms. The second-order valence-corrected chi connectivity index (χ2v) is 13.2. The number of nitrogens with zero attached hydrogens (tertiary/aromatic N) is 2. The van der Waals surface area contributed by atoms with Crippen LogP contribution in [-0.2, 0) is 0 Å². The number of rotatable bonds is 10. The molecule has 0 spiro atoms. The van der Waals surface area contributed by atoms with Crippen molar-refractivity contribution >= 4 is 45.7 Å². The van der Waals surface area contributed by atoms with E-state index < -0.39 is 0 Å². The topological polar surface area (TPSA) is 67.6 Å². The molecule has 0 aromatic heterocycles. The van der Waals surface area contributed by atoms with E-state index in [0.29, 0.717) is 5.69 Å². The Bertz CT molecular complexity index is 2400. The van der Waals surface area contributed by atoms with Crippen molar-refractivity contribution in [2.24, 2.45) is 10.8 Å². The molecule has 4 N–H and O–H groups in total. The molecule has 0 bridgehead atoms. The van der Waals surface area contributed by atoms with E-state index in [0.717, 1.165) is 57.0 Å². The zero-order chi connectivity index (χ0) is 37.3. The molecule has 0 atom stereocenters. The first-order valence-electron chi connectivity index (χ1n) is 18.2. The average molecular weight is 693 g/mol. The zero-order valence-electron chi connectivity index (χ0n) is 31.3. The van der Waals surface area contributed by atoms with E-state index in [4.69, 9.17) is 16.6 Å². The van der Waals surface area contributed by atoms with Gasteiger partial charge in [-0.2, -0.15) is 0 Å². The molecule has 0 radical (unpaired) electrons. The van der Waals surface area contributed by atoms with Gasteiger partial charge in [-0.3, -0.25) is 10.0 Å². The van der Waals surface area contributed by atoms with Crippen LogP contribution in [0.5, 0.6) is 0 Å². The molecule has 4 nitrogen and oxygen atoms in total. The number of nitrogens with two attached hydrogens (primary N) is 2. The van der Waals surface area contributed by atoms with Gasteiger partial charge in [-0.1, -0.05) is 146 Å². The molecule has 0 amide bonds. The molecule has 0 aliphatic rings. The van der Waals surface area contributed by atoms with Gasteiger partial charge < -0.3 is 5.73 Å². The molecular weight excluding hydrogens is 645 g/mol. The quantitative estimate of drug-likeness (QED) is 0.0494. The molecule has 0 fully saturated rings. The van der Waals surface area contributed by atoms with Gasteiger partial charge in [-0.25, -0.2) is 5.84 Å². The van der Waals surface area contributed by atoms with Crippen LogP contribution in [0.1, 0.15) is 63.3 Å². The third kappa shape index (κ3) is 8.30. The highest BCUT2D eigenvalue weighted by Gasteiger charge is 2.12. The largest absolute Gasteiger partial charge is 0.397 e. The van der Waals surface area contributed by atoms with E-state index in [1.54, 1.807) is 5.01 Å². The minimum atomic E-state index is 0.636. The maximum Gasteiger partial charge on any atom is 0.0804 e. The van der Waals surface area contributed by atoms with Crippen LogP contribution in [-0.4, -0.2) is 5.71 Å². The molecule has 53 heavy (non-hydrogen) atoms. The van der Waals surface area contributed by atoms with Gasteiger partial charge in [0.1, 0.15) is 0 Å². The lowest BCUT2D eigenvalue weighted by Crippen LogP contribution is -2.29. The fourth-order valence-corrected chi connectivity index (χ4v) is 6.66. The Balaban J connectivity index is 1.40. The predicted molar refractivity (Wildman–Crippen MR) is 229 cm³/mol. The van der Waals surface area contributed by atoms with Crippen LogP contribution in [0.2, 0.25) is 0 Å². The predicted octanol–water partition coefficient (Wildman–Crippen LogP) is 10.7. The Hall–Kier alpha value is -6.23. The van der Waals surface area contributed by atoms with Crippen LogP contribution in [0.3, 0.4) is 0 Å². The number of para-hydroxylation sites is 2. The van der Waals surface area contributed by atoms with Gasteiger partial charge in [0.15, 0.2) is 0 Å². The summed E-state index contributed by atoms with van der Waals surface area (Å²) in [6, 6.07) is 52.3. The Morgan fingerprint density at radius 3 is 1.87 bits per heavy atom. The number of benzene rings is 6. The molecule has 0 aliphatic heterocycles. The lowest BCUT2D eigenvalue weighted by Gasteiger charge is -2.21. The smallest absolute Gasteiger partial charge is 0.0804 e. The van der Waals surface area contributed by atoms with Crippen LogP contribution in [0.15, 0.2) is 168 Å². The molecule has 6 aromatic carbocycles. The maximum absolute atomic E-state index is 6.49. The lowest BCUT2D eigenvalue weighted by molar-refractivity contribution is 1.09. The first-order valence-corrected chi connectivity index (χ1v) is 18.2. The summed E-state index contributed by atoms with van der Waals surface area (Å²) in [5.74, 6) is 6.49. The summed E-state index contributed by atoms with van der Waals surface area (Å²) >= 11 is 0. The number of hydrazine groups is 1. The van der Waals surface area contributed by atoms with Crippen molar-refractivity contribution in [2.75, 3.05) is 10.7 Å². The summed E-state index contributed by atoms with van der Waals surface area (Å²) in [5.41, 5.74) is 20.9. The van der Waals surface area contributed by atoms with E-state index >= 15 is 0 Å². The van der Waals surface area contributed by atoms with Gasteiger partial charge in [-0.15, -0.1) is 0 Å². The summed E-state index contributed by atoms with van der Waals surface area (Å²) in [6.07, 6.45) is 5.37. The highest BCUT2D eigenvalue weighted by molar-refractivity contribution is 6.02. The van der Waals surface area contributed by atoms with Crippen molar-refractivity contribution in [3.8, 4) is 11.1 Å². The molecule has 0 saturated carbocycles. The molecule has 6 aromatic rings. The zero-order valence-corrected chi connectivity index (χ0v) is 31.3. The number of hydrogen-bond donors (Lipinski definition) is 2. The molecule has 0 saturated heterocycles. The van der Waals surface area contributed by atoms with Crippen LogP contribution in [0, 0.1) is 0 Å². The van der Waals surface area contributed by atoms with E-state index in [2.05, 4.69) is 150 Å². The summed E-state index contributed by atoms with van der Waals surface area (Å²) < 4.78 is 0. The molecule has 264 valence electrons. The van der Waals surface area contributed by atoms with Gasteiger partial charge in [0.25, 0.3) is 0 Å². The molecule has 6 rings (SSSR count). The summed E-state index contributed by atoms with van der Waals surface area (Å²) in [5, 5.41) is 4.03. The van der Waals surface area contributed by atoms with Crippen LogP contribution in [0.4, 0.5) is 17.1 Å². The van der Waals surface area contributed by atoms with Crippen molar-refractivity contribution in [3.63, 3.8) is 0 Å². The highest BCUT2D eigenvalue weighted by Crippen LogP contribution is 2.31. The highest BCUT2D eigenvalue weighted by atomic mass is 15.4. The van der Waals surface area contributed by atoms with Crippen LogP contribution >= 0.6 is 0 Å². The molecule has 0 aliphatic carbocycles. The van der Waals surface area contributed by atoms with Gasteiger partial charge in [0, 0.05) is 11.3 Å². The number of allylic oxidation sites excluding steroid dienone is 3. The maximum atomic E-state index is 6.49. The minimum absolute atomic E-state index is 0.636. The van der Waals surface area contributed by atoms with Gasteiger partial charge in [0.2, 0.25) is 0 Å². The molecule has 0 unspecified atom stereocenters. The summed E-state index contributed by atoms with van der Waals surface area (Å²) in [4.78, 5) is 5.20. The Labute approximate surface area is 314 Å². The first-order chi connectivity index (χ1) is 25.8. The normalized spacial score (nSPS) is 13.4. The number of hydrogen-bond acceptors (Lipinski definition) is 4. The van der Waals surface area contributed by atoms with Crippen LogP contribution in [0.25, 0.3) is 34.0 Å². The molecular formula is C49H48N4. The van der Waals surface area contributed by atoms with Gasteiger partial charge >= 0.3 is 0 Å². The lowest BCUT2D eigenvalue weighted by atomic mass is 9.92. The number of anilines is 3. The minimum Gasteiger partial charge on any atom is -0.397 e. The fourth-order valence-electron chi connectivity index (χ4n) is 6.66.